The minimum Gasteiger partial charge on any atom is -0.342 e. The summed E-state index contributed by atoms with van der Waals surface area (Å²) >= 11 is 0. The van der Waals surface area contributed by atoms with Crippen LogP contribution in [0.4, 0.5) is 0 Å². The van der Waals surface area contributed by atoms with Crippen molar-refractivity contribution in [2.24, 2.45) is 5.92 Å². The summed E-state index contributed by atoms with van der Waals surface area (Å²) in [6.45, 7) is 8.89. The van der Waals surface area contributed by atoms with E-state index in [0.717, 1.165) is 31.8 Å². The van der Waals surface area contributed by atoms with Gasteiger partial charge in [0.2, 0.25) is 5.91 Å². The summed E-state index contributed by atoms with van der Waals surface area (Å²) in [6, 6.07) is 0.559. The Balaban J connectivity index is 2.38. The highest BCUT2D eigenvalue weighted by Crippen LogP contribution is 2.34. The van der Waals surface area contributed by atoms with Crippen LogP contribution >= 0.6 is 0 Å². The quantitative estimate of drug-likeness (QED) is 0.650. The van der Waals surface area contributed by atoms with E-state index in [9.17, 15) is 4.79 Å². The summed E-state index contributed by atoms with van der Waals surface area (Å²) in [4.78, 5) is 16.4. The molecule has 0 heterocycles. The Kier molecular flexibility index (Phi) is 5.96. The zero-order chi connectivity index (χ0) is 12.8. The number of carbonyl (C=O) groups is 1. The highest BCUT2D eigenvalue weighted by molar-refractivity contribution is 5.78. The predicted octanol–water partition coefficient (Wildman–Crippen LogP) is 2.37. The highest BCUT2D eigenvalue weighted by atomic mass is 16.2. The van der Waals surface area contributed by atoms with E-state index in [2.05, 4.69) is 32.7 Å². The topological polar surface area (TPSA) is 23.6 Å². The number of nitrogens with zero attached hydrogens (tertiary/aromatic N) is 2. The number of carbonyl (C=O) groups excluding carboxylic acids is 1. The fourth-order valence-electron chi connectivity index (χ4n) is 2.30. The second kappa shape index (κ2) is 7.00. The van der Waals surface area contributed by atoms with Crippen molar-refractivity contribution in [2.75, 3.05) is 26.7 Å². The average Bonchev–Trinajstić information content (AvgIpc) is 3.11. The second-order valence-corrected chi connectivity index (χ2v) is 5.37. The molecule has 1 saturated carbocycles. The van der Waals surface area contributed by atoms with Crippen molar-refractivity contribution in [1.29, 1.82) is 0 Å². The molecule has 0 aromatic rings. The first-order valence-electron chi connectivity index (χ1n) is 7.08. The lowest BCUT2D eigenvalue weighted by atomic mass is 10.2. The van der Waals surface area contributed by atoms with Crippen molar-refractivity contribution in [2.45, 2.75) is 52.5 Å². The van der Waals surface area contributed by atoms with Crippen LogP contribution in [0.1, 0.15) is 46.5 Å². The van der Waals surface area contributed by atoms with E-state index >= 15 is 0 Å². The first-order valence-corrected chi connectivity index (χ1v) is 7.08. The van der Waals surface area contributed by atoms with Crippen molar-refractivity contribution in [1.82, 2.24) is 9.80 Å². The molecule has 3 heteroatoms. The van der Waals surface area contributed by atoms with E-state index in [1.807, 2.05) is 4.90 Å². The molecule has 1 fully saturated rings. The predicted molar refractivity (Wildman–Crippen MR) is 72.0 cm³/mol. The SMILES string of the molecule is CCCN(CCC)C(=O)CN(C)C(C)C1CC1. The third-order valence-electron chi connectivity index (χ3n) is 3.72. The van der Waals surface area contributed by atoms with Crippen LogP contribution in [0.25, 0.3) is 0 Å². The number of hydrogen-bond donors (Lipinski definition) is 0. The zero-order valence-electron chi connectivity index (χ0n) is 11.9. The van der Waals surface area contributed by atoms with Crippen LogP contribution in [0, 0.1) is 5.92 Å². The van der Waals surface area contributed by atoms with Crippen molar-refractivity contribution < 1.29 is 4.79 Å². The van der Waals surface area contributed by atoms with Crippen LogP contribution in [0.3, 0.4) is 0 Å². The smallest absolute Gasteiger partial charge is 0.236 e. The Morgan fingerprint density at radius 3 is 2.18 bits per heavy atom. The van der Waals surface area contributed by atoms with Gasteiger partial charge >= 0.3 is 0 Å². The van der Waals surface area contributed by atoms with Crippen LogP contribution in [0.5, 0.6) is 0 Å². The van der Waals surface area contributed by atoms with Gasteiger partial charge in [0, 0.05) is 19.1 Å². The molecular weight excluding hydrogens is 212 g/mol. The van der Waals surface area contributed by atoms with Gasteiger partial charge in [-0.3, -0.25) is 9.69 Å². The summed E-state index contributed by atoms with van der Waals surface area (Å²) < 4.78 is 0. The van der Waals surface area contributed by atoms with Crippen LogP contribution in [-0.2, 0) is 4.79 Å². The van der Waals surface area contributed by atoms with E-state index in [0.29, 0.717) is 18.5 Å². The van der Waals surface area contributed by atoms with Gasteiger partial charge in [-0.25, -0.2) is 0 Å². The van der Waals surface area contributed by atoms with E-state index in [1.165, 1.54) is 12.8 Å². The van der Waals surface area contributed by atoms with E-state index < -0.39 is 0 Å². The normalized spacial score (nSPS) is 17.2. The Morgan fingerprint density at radius 2 is 1.76 bits per heavy atom. The molecular formula is C14H28N2O. The summed E-state index contributed by atoms with van der Waals surface area (Å²) in [5.74, 6) is 1.13. The van der Waals surface area contributed by atoms with E-state index in [4.69, 9.17) is 0 Å². The largest absolute Gasteiger partial charge is 0.342 e. The molecule has 0 aliphatic heterocycles. The lowest BCUT2D eigenvalue weighted by Gasteiger charge is -2.28. The van der Waals surface area contributed by atoms with Crippen molar-refractivity contribution in [3.63, 3.8) is 0 Å². The summed E-state index contributed by atoms with van der Waals surface area (Å²) in [5.41, 5.74) is 0. The summed E-state index contributed by atoms with van der Waals surface area (Å²) in [6.07, 6.45) is 4.78. The molecule has 0 bridgehead atoms. The van der Waals surface area contributed by atoms with Gasteiger partial charge in [0.05, 0.1) is 6.54 Å². The molecule has 1 atom stereocenters. The minimum atomic E-state index is 0.295. The van der Waals surface area contributed by atoms with Gasteiger partial charge in [-0.05, 0) is 45.6 Å². The Bertz CT molecular complexity index is 232. The Hall–Kier alpha value is -0.570. The molecule has 0 N–H and O–H groups in total. The molecule has 0 aromatic carbocycles. The highest BCUT2D eigenvalue weighted by Gasteiger charge is 2.31. The van der Waals surface area contributed by atoms with Gasteiger partial charge < -0.3 is 4.90 Å². The van der Waals surface area contributed by atoms with Gasteiger partial charge in [0.25, 0.3) is 0 Å². The van der Waals surface area contributed by atoms with Gasteiger partial charge in [0.15, 0.2) is 0 Å². The van der Waals surface area contributed by atoms with E-state index in [-0.39, 0.29) is 0 Å². The molecule has 1 amide bonds. The molecule has 0 spiro atoms. The molecule has 0 saturated heterocycles. The molecule has 0 aromatic heterocycles. The van der Waals surface area contributed by atoms with Crippen molar-refractivity contribution in [3.8, 4) is 0 Å². The monoisotopic (exact) mass is 240 g/mol. The standard InChI is InChI=1S/C14H28N2O/c1-5-9-16(10-6-2)14(17)11-15(4)12(3)13-7-8-13/h12-13H,5-11H2,1-4H3. The number of hydrogen-bond acceptors (Lipinski definition) is 2. The van der Waals surface area contributed by atoms with Gasteiger partial charge in [-0.1, -0.05) is 13.8 Å². The second-order valence-electron chi connectivity index (χ2n) is 5.37. The summed E-state index contributed by atoms with van der Waals surface area (Å²) in [5, 5.41) is 0. The third-order valence-corrected chi connectivity index (χ3v) is 3.72. The van der Waals surface area contributed by atoms with Crippen LogP contribution < -0.4 is 0 Å². The first-order chi connectivity index (χ1) is 8.10. The zero-order valence-corrected chi connectivity index (χ0v) is 11.9. The lowest BCUT2D eigenvalue weighted by molar-refractivity contribution is -0.132. The maximum atomic E-state index is 12.2. The molecule has 1 unspecified atom stereocenters. The van der Waals surface area contributed by atoms with Crippen molar-refractivity contribution in [3.05, 3.63) is 0 Å². The van der Waals surface area contributed by atoms with Crippen molar-refractivity contribution >= 4 is 5.91 Å². The Morgan fingerprint density at radius 1 is 1.24 bits per heavy atom. The maximum absolute atomic E-state index is 12.2. The minimum absolute atomic E-state index is 0.295. The van der Waals surface area contributed by atoms with Gasteiger partial charge in [0.1, 0.15) is 0 Å². The number of rotatable bonds is 8. The Labute approximate surface area is 106 Å². The van der Waals surface area contributed by atoms with E-state index in [1.54, 1.807) is 0 Å². The third kappa shape index (κ3) is 4.66. The molecule has 3 nitrogen and oxygen atoms in total. The molecule has 1 rings (SSSR count). The van der Waals surface area contributed by atoms with Gasteiger partial charge in [-0.2, -0.15) is 0 Å². The molecule has 1 aliphatic rings. The van der Waals surface area contributed by atoms with Crippen LogP contribution in [-0.4, -0.2) is 48.4 Å². The lowest BCUT2D eigenvalue weighted by Crippen LogP contribution is -2.43. The number of likely N-dealkylation sites (N-methyl/N-ethyl adjacent to an activating group) is 1. The summed E-state index contributed by atoms with van der Waals surface area (Å²) in [7, 11) is 2.08. The maximum Gasteiger partial charge on any atom is 0.236 e. The fourth-order valence-corrected chi connectivity index (χ4v) is 2.30. The first kappa shape index (κ1) is 14.5. The van der Waals surface area contributed by atoms with Crippen LogP contribution in [0.15, 0.2) is 0 Å². The molecule has 17 heavy (non-hydrogen) atoms. The van der Waals surface area contributed by atoms with Crippen LogP contribution in [0.2, 0.25) is 0 Å². The molecule has 0 radical (unpaired) electrons. The molecule has 100 valence electrons. The van der Waals surface area contributed by atoms with Gasteiger partial charge in [-0.15, -0.1) is 0 Å². The number of amides is 1. The average molecular weight is 240 g/mol. The molecule has 1 aliphatic carbocycles. The fraction of sp³-hybridized carbons (Fsp3) is 0.929.